The molecule has 4 heteroatoms. The van der Waals surface area contributed by atoms with Crippen molar-refractivity contribution in [2.75, 3.05) is 6.54 Å². The first-order valence-corrected chi connectivity index (χ1v) is 10.5. The molecule has 0 aliphatic carbocycles. The maximum Gasteiger partial charge on any atom is 0.222 e. The molecule has 2 atom stereocenters. The van der Waals surface area contributed by atoms with Crippen LogP contribution in [0.3, 0.4) is 0 Å². The molecule has 0 saturated carbocycles. The monoisotopic (exact) mass is 388 g/mol. The average Bonchev–Trinajstić information content (AvgIpc) is 2.74. The van der Waals surface area contributed by atoms with Crippen LogP contribution in [-0.4, -0.2) is 34.5 Å². The van der Waals surface area contributed by atoms with Gasteiger partial charge < -0.3 is 9.64 Å². The van der Waals surface area contributed by atoms with Gasteiger partial charge in [0.2, 0.25) is 5.91 Å². The van der Waals surface area contributed by atoms with E-state index in [2.05, 4.69) is 49.2 Å². The van der Waals surface area contributed by atoms with Crippen molar-refractivity contribution in [3.8, 4) is 16.9 Å². The summed E-state index contributed by atoms with van der Waals surface area (Å²) in [6, 6.07) is 16.9. The lowest BCUT2D eigenvalue weighted by Crippen LogP contribution is -2.47. The molecule has 150 valence electrons. The lowest BCUT2D eigenvalue weighted by atomic mass is 9.97. The SMILES string of the molecule is CCC(=O)N1CC[C@H](Oc2ccc(-c3ccc4cccnc4c3C)cc2)C[C@H]1C. The molecule has 1 aliphatic heterocycles. The van der Waals surface area contributed by atoms with Gasteiger partial charge in [-0.15, -0.1) is 0 Å². The van der Waals surface area contributed by atoms with Crippen LogP contribution in [0.5, 0.6) is 5.75 Å². The second-order valence-corrected chi connectivity index (χ2v) is 7.89. The Balaban J connectivity index is 1.47. The molecule has 4 nitrogen and oxygen atoms in total. The molecule has 1 aromatic heterocycles. The number of hydrogen-bond donors (Lipinski definition) is 0. The fourth-order valence-electron chi connectivity index (χ4n) is 4.32. The van der Waals surface area contributed by atoms with Gasteiger partial charge in [-0.1, -0.05) is 37.3 Å². The van der Waals surface area contributed by atoms with E-state index in [0.717, 1.165) is 36.0 Å². The maximum absolute atomic E-state index is 12.0. The minimum atomic E-state index is 0.156. The summed E-state index contributed by atoms with van der Waals surface area (Å²) in [6.07, 6.45) is 4.33. The summed E-state index contributed by atoms with van der Waals surface area (Å²) >= 11 is 0. The van der Waals surface area contributed by atoms with Gasteiger partial charge in [0.15, 0.2) is 0 Å². The van der Waals surface area contributed by atoms with Crippen molar-refractivity contribution < 1.29 is 9.53 Å². The number of nitrogens with zero attached hydrogens (tertiary/aromatic N) is 2. The highest BCUT2D eigenvalue weighted by molar-refractivity contribution is 5.88. The first-order valence-electron chi connectivity index (χ1n) is 10.5. The number of rotatable bonds is 4. The third-order valence-corrected chi connectivity index (χ3v) is 5.95. The van der Waals surface area contributed by atoms with Gasteiger partial charge in [-0.25, -0.2) is 0 Å². The van der Waals surface area contributed by atoms with Gasteiger partial charge in [0.25, 0.3) is 0 Å². The van der Waals surface area contributed by atoms with Gasteiger partial charge in [0.05, 0.1) is 5.52 Å². The molecule has 1 amide bonds. The summed E-state index contributed by atoms with van der Waals surface area (Å²) in [4.78, 5) is 18.5. The molecule has 1 aliphatic rings. The van der Waals surface area contributed by atoms with Crippen LogP contribution in [0.1, 0.15) is 38.7 Å². The minimum absolute atomic E-state index is 0.156. The number of ether oxygens (including phenoxy) is 1. The highest BCUT2D eigenvalue weighted by atomic mass is 16.5. The van der Waals surface area contributed by atoms with E-state index in [0.29, 0.717) is 6.42 Å². The molecular formula is C25H28N2O2. The minimum Gasteiger partial charge on any atom is -0.490 e. The van der Waals surface area contributed by atoms with Crippen LogP contribution < -0.4 is 4.74 Å². The number of aryl methyl sites for hydroxylation is 1. The van der Waals surface area contributed by atoms with Crippen LogP contribution in [-0.2, 0) is 4.79 Å². The number of likely N-dealkylation sites (tertiary alicyclic amines) is 1. The van der Waals surface area contributed by atoms with E-state index in [-0.39, 0.29) is 18.1 Å². The van der Waals surface area contributed by atoms with Gasteiger partial charge in [-0.05, 0) is 48.7 Å². The molecule has 29 heavy (non-hydrogen) atoms. The van der Waals surface area contributed by atoms with Crippen molar-refractivity contribution in [2.24, 2.45) is 0 Å². The Morgan fingerprint density at radius 2 is 1.97 bits per heavy atom. The maximum atomic E-state index is 12.0. The van der Waals surface area contributed by atoms with Crippen molar-refractivity contribution in [1.82, 2.24) is 9.88 Å². The number of pyridine rings is 1. The smallest absolute Gasteiger partial charge is 0.222 e. The van der Waals surface area contributed by atoms with Crippen LogP contribution in [0.2, 0.25) is 0 Å². The molecule has 2 heterocycles. The van der Waals surface area contributed by atoms with Crippen molar-refractivity contribution in [3.63, 3.8) is 0 Å². The Hall–Kier alpha value is -2.88. The summed E-state index contributed by atoms with van der Waals surface area (Å²) in [7, 11) is 0. The number of hydrogen-bond acceptors (Lipinski definition) is 3. The van der Waals surface area contributed by atoms with Crippen molar-refractivity contribution in [1.29, 1.82) is 0 Å². The lowest BCUT2D eigenvalue weighted by molar-refractivity contribution is -0.135. The van der Waals surface area contributed by atoms with Gasteiger partial charge in [-0.2, -0.15) is 0 Å². The van der Waals surface area contributed by atoms with Gasteiger partial charge in [-0.3, -0.25) is 9.78 Å². The van der Waals surface area contributed by atoms with E-state index in [1.54, 1.807) is 0 Å². The predicted molar refractivity (Wildman–Crippen MR) is 117 cm³/mol. The first kappa shape index (κ1) is 19.4. The molecule has 0 N–H and O–H groups in total. The third-order valence-electron chi connectivity index (χ3n) is 5.95. The second kappa shape index (κ2) is 8.24. The number of benzene rings is 2. The summed E-state index contributed by atoms with van der Waals surface area (Å²) in [5, 5.41) is 1.16. The quantitative estimate of drug-likeness (QED) is 0.603. The Bertz CT molecular complexity index is 1010. The second-order valence-electron chi connectivity index (χ2n) is 7.89. The molecule has 1 saturated heterocycles. The van der Waals surface area contributed by atoms with Crippen LogP contribution in [0, 0.1) is 6.92 Å². The highest BCUT2D eigenvalue weighted by Crippen LogP contribution is 2.30. The van der Waals surface area contributed by atoms with Crippen LogP contribution in [0.4, 0.5) is 0 Å². The Morgan fingerprint density at radius 1 is 1.17 bits per heavy atom. The number of carbonyl (C=O) groups excluding carboxylic acids is 1. The molecule has 2 aromatic carbocycles. The number of fused-ring (bicyclic) bond motifs is 1. The highest BCUT2D eigenvalue weighted by Gasteiger charge is 2.28. The number of piperidine rings is 1. The number of aromatic nitrogens is 1. The molecule has 0 bridgehead atoms. The molecule has 0 spiro atoms. The molecule has 4 rings (SSSR count). The van der Waals surface area contributed by atoms with Crippen molar-refractivity contribution in [2.45, 2.75) is 52.2 Å². The molecular weight excluding hydrogens is 360 g/mol. The van der Waals surface area contributed by atoms with Gasteiger partial charge in [0, 0.05) is 43.4 Å². The topological polar surface area (TPSA) is 42.4 Å². The summed E-state index contributed by atoms with van der Waals surface area (Å²) in [6.45, 7) is 6.94. The third kappa shape index (κ3) is 3.98. The standard InChI is InChI=1S/C25H28N2O2/c1-4-24(28)27-15-13-22(16-17(27)2)29-21-10-7-19(8-11-21)23-12-9-20-6-5-14-26-25(20)18(23)3/h5-12,14,17,22H,4,13,15-16H2,1-3H3/t17-,22+/m1/s1. The van der Waals surface area contributed by atoms with E-state index >= 15 is 0 Å². The number of carbonyl (C=O) groups is 1. The first-order chi connectivity index (χ1) is 14.1. The lowest BCUT2D eigenvalue weighted by Gasteiger charge is -2.37. The molecule has 1 fully saturated rings. The average molecular weight is 389 g/mol. The van der Waals surface area contributed by atoms with Crippen LogP contribution in [0.25, 0.3) is 22.0 Å². The van der Waals surface area contributed by atoms with Crippen molar-refractivity contribution >= 4 is 16.8 Å². The summed E-state index contributed by atoms with van der Waals surface area (Å²) < 4.78 is 6.23. The van der Waals surface area contributed by atoms with Crippen LogP contribution in [0.15, 0.2) is 54.7 Å². The fourth-order valence-corrected chi connectivity index (χ4v) is 4.32. The fraction of sp³-hybridized carbons (Fsp3) is 0.360. The van der Waals surface area contributed by atoms with Gasteiger partial charge in [0.1, 0.15) is 11.9 Å². The van der Waals surface area contributed by atoms with Gasteiger partial charge >= 0.3 is 0 Å². The van der Waals surface area contributed by atoms with E-state index < -0.39 is 0 Å². The number of amides is 1. The zero-order valence-corrected chi connectivity index (χ0v) is 17.4. The van der Waals surface area contributed by atoms with Crippen LogP contribution >= 0.6 is 0 Å². The molecule has 0 unspecified atom stereocenters. The summed E-state index contributed by atoms with van der Waals surface area (Å²) in [5.41, 5.74) is 4.60. The normalized spacial score (nSPS) is 19.3. The Kier molecular flexibility index (Phi) is 5.52. The van der Waals surface area contributed by atoms with E-state index in [1.165, 1.54) is 16.7 Å². The molecule has 0 radical (unpaired) electrons. The van der Waals surface area contributed by atoms with E-state index in [1.807, 2.05) is 36.2 Å². The predicted octanol–water partition coefficient (Wildman–Crippen LogP) is 5.38. The van der Waals surface area contributed by atoms with E-state index in [4.69, 9.17) is 4.74 Å². The summed E-state index contributed by atoms with van der Waals surface area (Å²) in [5.74, 6) is 1.12. The Labute approximate surface area is 172 Å². The largest absolute Gasteiger partial charge is 0.490 e. The molecule has 3 aromatic rings. The van der Waals surface area contributed by atoms with E-state index in [9.17, 15) is 4.79 Å². The van der Waals surface area contributed by atoms with Crippen molar-refractivity contribution in [3.05, 3.63) is 60.3 Å². The Morgan fingerprint density at radius 3 is 2.69 bits per heavy atom. The zero-order valence-electron chi connectivity index (χ0n) is 17.4. The zero-order chi connectivity index (χ0) is 20.4.